The fourth-order valence-corrected chi connectivity index (χ4v) is 4.00. The van der Waals surface area contributed by atoms with E-state index in [-0.39, 0.29) is 12.1 Å². The number of hydrogen-bond acceptors (Lipinski definition) is 2. The number of aryl methyl sites for hydroxylation is 2. The molecule has 3 nitrogen and oxygen atoms in total. The summed E-state index contributed by atoms with van der Waals surface area (Å²) in [7, 11) is 0. The Kier molecular flexibility index (Phi) is 6.08. The van der Waals surface area contributed by atoms with Gasteiger partial charge in [-0.3, -0.25) is 10.1 Å². The van der Waals surface area contributed by atoms with Gasteiger partial charge in [0, 0.05) is 11.5 Å². The van der Waals surface area contributed by atoms with E-state index in [1.807, 2.05) is 6.07 Å². The Morgan fingerprint density at radius 2 is 1.92 bits per heavy atom. The summed E-state index contributed by atoms with van der Waals surface area (Å²) in [5, 5.41) is 6.76. The third kappa shape index (κ3) is 4.18. The Hall–Kier alpha value is -1.35. The maximum absolute atomic E-state index is 12.6. The molecule has 134 valence electrons. The van der Waals surface area contributed by atoms with E-state index in [2.05, 4.69) is 58.2 Å². The first-order chi connectivity index (χ1) is 11.3. The molecule has 3 heteroatoms. The number of carbonyl (C=O) groups is 1. The highest BCUT2D eigenvalue weighted by molar-refractivity contribution is 5.98. The van der Waals surface area contributed by atoms with Crippen molar-refractivity contribution >= 4 is 5.91 Å². The molecule has 2 unspecified atom stereocenters. The highest BCUT2D eigenvalue weighted by atomic mass is 16.1. The number of hydrogen-bond donors (Lipinski definition) is 2. The van der Waals surface area contributed by atoms with Crippen LogP contribution in [0.15, 0.2) is 12.1 Å². The van der Waals surface area contributed by atoms with Crippen LogP contribution in [0.1, 0.15) is 86.8 Å². The lowest BCUT2D eigenvalue weighted by atomic mass is 9.82. The van der Waals surface area contributed by atoms with Gasteiger partial charge in [0.2, 0.25) is 0 Å². The molecule has 0 saturated carbocycles. The van der Waals surface area contributed by atoms with Gasteiger partial charge in [-0.15, -0.1) is 0 Å². The van der Waals surface area contributed by atoms with Crippen LogP contribution >= 0.6 is 0 Å². The van der Waals surface area contributed by atoms with Crippen LogP contribution in [-0.4, -0.2) is 18.6 Å². The number of benzene rings is 1. The van der Waals surface area contributed by atoms with Gasteiger partial charge >= 0.3 is 0 Å². The summed E-state index contributed by atoms with van der Waals surface area (Å²) in [6, 6.07) is 4.26. The average Bonchev–Trinajstić information content (AvgIpc) is 2.50. The summed E-state index contributed by atoms with van der Waals surface area (Å²) in [5.74, 6) is 0.356. The van der Waals surface area contributed by atoms with Crippen molar-refractivity contribution in [3.05, 3.63) is 34.4 Å². The molecule has 2 N–H and O–H groups in total. The number of amides is 1. The van der Waals surface area contributed by atoms with Crippen molar-refractivity contribution in [2.24, 2.45) is 5.41 Å². The van der Waals surface area contributed by atoms with Gasteiger partial charge in [0.25, 0.3) is 5.91 Å². The fourth-order valence-electron chi connectivity index (χ4n) is 4.00. The van der Waals surface area contributed by atoms with Crippen molar-refractivity contribution < 1.29 is 4.79 Å². The lowest BCUT2D eigenvalue weighted by Crippen LogP contribution is -2.53. The molecule has 0 radical (unpaired) electrons. The first-order valence-corrected chi connectivity index (χ1v) is 9.46. The molecule has 0 fully saturated rings. The maximum atomic E-state index is 12.6. The molecule has 2 rings (SSSR count). The molecule has 24 heavy (non-hydrogen) atoms. The van der Waals surface area contributed by atoms with E-state index in [9.17, 15) is 4.79 Å². The van der Waals surface area contributed by atoms with Crippen LogP contribution in [0, 0.1) is 12.3 Å². The van der Waals surface area contributed by atoms with Crippen molar-refractivity contribution in [1.82, 2.24) is 10.6 Å². The molecule has 1 aliphatic rings. The summed E-state index contributed by atoms with van der Waals surface area (Å²) in [6.07, 6.45) is 4.58. The Balaban J connectivity index is 2.12. The van der Waals surface area contributed by atoms with Crippen LogP contribution < -0.4 is 10.6 Å². The smallest absolute Gasteiger partial charge is 0.252 e. The fraction of sp³-hybridized carbons (Fsp3) is 0.667. The van der Waals surface area contributed by atoms with Gasteiger partial charge in [-0.1, -0.05) is 52.7 Å². The summed E-state index contributed by atoms with van der Waals surface area (Å²) >= 11 is 0. The third-order valence-corrected chi connectivity index (χ3v) is 5.37. The zero-order valence-electron chi connectivity index (χ0n) is 16.3. The van der Waals surface area contributed by atoms with Gasteiger partial charge in [0.05, 0.1) is 6.17 Å². The zero-order chi connectivity index (χ0) is 17.9. The number of fused-ring (bicyclic) bond motifs is 1. The van der Waals surface area contributed by atoms with Crippen LogP contribution in [0.5, 0.6) is 0 Å². The first-order valence-electron chi connectivity index (χ1n) is 9.46. The van der Waals surface area contributed by atoms with E-state index < -0.39 is 0 Å². The molecule has 1 aromatic rings. The molecule has 1 aliphatic heterocycles. The van der Waals surface area contributed by atoms with Crippen molar-refractivity contribution in [1.29, 1.82) is 0 Å². The molecule has 1 aromatic carbocycles. The van der Waals surface area contributed by atoms with Crippen LogP contribution in [-0.2, 0) is 6.42 Å². The van der Waals surface area contributed by atoms with Crippen LogP contribution in [0.2, 0.25) is 0 Å². The normalized spacial score (nSPS) is 20.7. The molecule has 0 bridgehead atoms. The van der Waals surface area contributed by atoms with E-state index in [0.29, 0.717) is 11.3 Å². The Bertz CT molecular complexity index is 592. The van der Waals surface area contributed by atoms with Crippen LogP contribution in [0.25, 0.3) is 0 Å². The predicted octanol–water partition coefficient (Wildman–Crippen LogP) is 4.54. The lowest BCUT2D eigenvalue weighted by Gasteiger charge is -2.35. The maximum Gasteiger partial charge on any atom is 0.252 e. The monoisotopic (exact) mass is 330 g/mol. The second-order valence-electron chi connectivity index (χ2n) is 8.10. The minimum atomic E-state index is 0.0235. The summed E-state index contributed by atoms with van der Waals surface area (Å²) in [5.41, 5.74) is 4.93. The van der Waals surface area contributed by atoms with Crippen molar-refractivity contribution in [3.8, 4) is 0 Å². The van der Waals surface area contributed by atoms with Crippen LogP contribution in [0.4, 0.5) is 0 Å². The van der Waals surface area contributed by atoms with E-state index in [1.165, 1.54) is 29.5 Å². The Labute approximate surface area is 147 Å². The Morgan fingerprint density at radius 1 is 1.21 bits per heavy atom. The SMILES string of the molecule is CCCC(C)(C)CCNC1NC(=O)c2cc(C)cc(CC)c2C1C. The van der Waals surface area contributed by atoms with Crippen molar-refractivity contribution in [2.45, 2.75) is 79.3 Å². The Morgan fingerprint density at radius 3 is 2.54 bits per heavy atom. The van der Waals surface area contributed by atoms with Gasteiger partial charge < -0.3 is 5.32 Å². The molecular formula is C21H34N2O. The molecule has 0 spiro atoms. The predicted molar refractivity (Wildman–Crippen MR) is 102 cm³/mol. The second-order valence-corrected chi connectivity index (χ2v) is 8.10. The van der Waals surface area contributed by atoms with E-state index in [4.69, 9.17) is 0 Å². The molecular weight excluding hydrogens is 296 g/mol. The quantitative estimate of drug-likeness (QED) is 0.771. The molecule has 0 aliphatic carbocycles. The first kappa shape index (κ1) is 19.0. The van der Waals surface area contributed by atoms with Gasteiger partial charge in [-0.25, -0.2) is 0 Å². The van der Waals surface area contributed by atoms with E-state index in [0.717, 1.165) is 24.9 Å². The van der Waals surface area contributed by atoms with Gasteiger partial charge in [-0.2, -0.15) is 0 Å². The standard InChI is InChI=1S/C21H34N2O/c1-7-9-21(5,6)10-11-22-19-15(4)18-16(8-2)12-14(3)13-17(18)20(24)23-19/h12-13,15,19,22H,7-11H2,1-6H3,(H,23,24). The van der Waals surface area contributed by atoms with Gasteiger partial charge in [-0.05, 0) is 55.3 Å². The average molecular weight is 331 g/mol. The molecule has 1 heterocycles. The summed E-state index contributed by atoms with van der Waals surface area (Å²) < 4.78 is 0. The molecule has 0 aromatic heterocycles. The topological polar surface area (TPSA) is 41.1 Å². The summed E-state index contributed by atoms with van der Waals surface area (Å²) in [6.45, 7) is 14.3. The lowest BCUT2D eigenvalue weighted by molar-refractivity contribution is 0.0903. The van der Waals surface area contributed by atoms with E-state index in [1.54, 1.807) is 0 Å². The zero-order valence-corrected chi connectivity index (χ0v) is 16.3. The molecule has 2 atom stereocenters. The number of nitrogens with one attached hydrogen (secondary N) is 2. The minimum absolute atomic E-state index is 0.0235. The number of rotatable bonds is 7. The third-order valence-electron chi connectivity index (χ3n) is 5.37. The van der Waals surface area contributed by atoms with Crippen LogP contribution in [0.3, 0.4) is 0 Å². The van der Waals surface area contributed by atoms with Gasteiger partial charge in [0.15, 0.2) is 0 Å². The largest absolute Gasteiger partial charge is 0.336 e. The molecule has 1 amide bonds. The minimum Gasteiger partial charge on any atom is -0.336 e. The van der Waals surface area contributed by atoms with E-state index >= 15 is 0 Å². The molecule has 0 saturated heterocycles. The van der Waals surface area contributed by atoms with Crippen molar-refractivity contribution in [3.63, 3.8) is 0 Å². The highest BCUT2D eigenvalue weighted by Gasteiger charge is 2.32. The van der Waals surface area contributed by atoms with Gasteiger partial charge in [0.1, 0.15) is 0 Å². The summed E-state index contributed by atoms with van der Waals surface area (Å²) in [4.78, 5) is 12.6. The number of carbonyl (C=O) groups excluding carboxylic acids is 1. The second kappa shape index (κ2) is 7.69. The highest BCUT2D eigenvalue weighted by Crippen LogP contribution is 2.32. The van der Waals surface area contributed by atoms with Crippen molar-refractivity contribution in [2.75, 3.05) is 6.54 Å².